The number of carbonyl (C=O) groups excluding carboxylic acids is 1. The van der Waals surface area contributed by atoms with E-state index in [1.54, 1.807) is 27.9 Å². The highest BCUT2D eigenvalue weighted by atomic mass is 19.1. The van der Waals surface area contributed by atoms with Gasteiger partial charge in [0, 0.05) is 53.7 Å². The van der Waals surface area contributed by atoms with E-state index in [2.05, 4.69) is 15.3 Å². The number of halogens is 1. The van der Waals surface area contributed by atoms with E-state index in [1.165, 1.54) is 6.07 Å². The standard InChI is InChI=1S/C29H29FN6O3/c1-16-3-4-18-21-12-32-28(31-11-20-19-7-8-39-24(19)6-5-22(20)30)36-15-33-25(26(21)36)27(37)35(14-23(18)34-16)13-17-9-29(2,38)10-17/h3-6,12,15,17,38H,7-11,13-14H2,1-2H3,(H,31,32). The van der Waals surface area contributed by atoms with Crippen LogP contribution in [0.3, 0.4) is 0 Å². The van der Waals surface area contributed by atoms with Crippen LogP contribution in [0.2, 0.25) is 0 Å². The highest BCUT2D eigenvalue weighted by Crippen LogP contribution is 2.40. The number of amides is 1. The maximum absolute atomic E-state index is 14.8. The normalized spacial score (nSPS) is 21.6. The second-order valence-electron chi connectivity index (χ2n) is 11.2. The summed E-state index contributed by atoms with van der Waals surface area (Å²) in [5.74, 6) is 0.916. The highest BCUT2D eigenvalue weighted by Gasteiger charge is 2.40. The van der Waals surface area contributed by atoms with Crippen LogP contribution in [0, 0.1) is 18.7 Å². The molecule has 2 aliphatic heterocycles. The van der Waals surface area contributed by atoms with Gasteiger partial charge in [-0.1, -0.05) is 6.07 Å². The van der Waals surface area contributed by atoms with E-state index in [0.717, 1.165) is 28.1 Å². The van der Waals surface area contributed by atoms with Crippen LogP contribution >= 0.6 is 0 Å². The Bertz CT molecular complexity index is 1640. The van der Waals surface area contributed by atoms with Gasteiger partial charge in [-0.3, -0.25) is 14.2 Å². The molecular formula is C29H29FN6O3. The van der Waals surface area contributed by atoms with Crippen molar-refractivity contribution in [2.75, 3.05) is 18.5 Å². The van der Waals surface area contributed by atoms with Gasteiger partial charge in [-0.2, -0.15) is 0 Å². The number of nitrogens with one attached hydrogen (secondary N) is 1. The number of anilines is 1. The fraction of sp³-hybridized carbons (Fsp3) is 0.379. The first-order valence-corrected chi connectivity index (χ1v) is 13.3. The van der Waals surface area contributed by atoms with Crippen LogP contribution in [0.1, 0.15) is 52.8 Å². The van der Waals surface area contributed by atoms with Crippen molar-refractivity contribution in [1.29, 1.82) is 0 Å². The molecule has 3 aromatic heterocycles. The monoisotopic (exact) mass is 528 g/mol. The molecule has 9 nitrogen and oxygen atoms in total. The van der Waals surface area contributed by atoms with Crippen molar-refractivity contribution in [2.45, 2.75) is 51.8 Å². The number of aryl methyl sites for hydroxylation is 1. The number of benzene rings is 1. The largest absolute Gasteiger partial charge is 0.493 e. The molecular weight excluding hydrogens is 499 g/mol. The minimum Gasteiger partial charge on any atom is -0.493 e. The van der Waals surface area contributed by atoms with Gasteiger partial charge in [-0.15, -0.1) is 0 Å². The van der Waals surface area contributed by atoms with Crippen LogP contribution in [0.25, 0.3) is 16.6 Å². The molecule has 3 aliphatic rings. The highest BCUT2D eigenvalue weighted by molar-refractivity contribution is 6.04. The molecule has 1 fully saturated rings. The van der Waals surface area contributed by atoms with Crippen LogP contribution in [-0.2, 0) is 19.5 Å². The van der Waals surface area contributed by atoms with Crippen LogP contribution in [0.15, 0.2) is 36.8 Å². The average Bonchev–Trinajstić information content (AvgIpc) is 3.54. The SMILES string of the molecule is Cc1ccc2c(n1)CN(CC1CC(C)(O)C1)C(=O)c1ncn3c(NCc4c(F)ccc5c4CCO5)ncc-2c13. The van der Waals surface area contributed by atoms with Gasteiger partial charge in [0.2, 0.25) is 5.95 Å². The number of hydrogen-bond acceptors (Lipinski definition) is 7. The molecule has 1 aliphatic carbocycles. The van der Waals surface area contributed by atoms with Gasteiger partial charge in [0.25, 0.3) is 5.91 Å². The number of aromatic nitrogens is 4. The molecule has 0 atom stereocenters. The van der Waals surface area contributed by atoms with Crippen molar-refractivity contribution in [2.24, 2.45) is 5.92 Å². The quantitative estimate of drug-likeness (QED) is 0.405. The van der Waals surface area contributed by atoms with Gasteiger partial charge in [-0.05, 0) is 50.8 Å². The second-order valence-corrected chi connectivity index (χ2v) is 11.2. The van der Waals surface area contributed by atoms with Crippen LogP contribution in [0.4, 0.5) is 10.3 Å². The van der Waals surface area contributed by atoms with E-state index in [4.69, 9.17) is 9.72 Å². The van der Waals surface area contributed by atoms with Gasteiger partial charge in [0.05, 0.1) is 30.0 Å². The summed E-state index contributed by atoms with van der Waals surface area (Å²) in [7, 11) is 0. The molecule has 2 N–H and O–H groups in total. The Kier molecular flexibility index (Phi) is 5.38. The fourth-order valence-corrected chi connectivity index (χ4v) is 6.32. The first-order chi connectivity index (χ1) is 18.8. The van der Waals surface area contributed by atoms with Gasteiger partial charge in [0.15, 0.2) is 5.69 Å². The molecule has 0 saturated heterocycles. The number of pyridine rings is 1. The molecule has 39 heavy (non-hydrogen) atoms. The number of hydrogen-bond donors (Lipinski definition) is 2. The molecule has 7 rings (SSSR count). The molecule has 0 unspecified atom stereocenters. The van der Waals surface area contributed by atoms with E-state index >= 15 is 0 Å². The zero-order valence-corrected chi connectivity index (χ0v) is 21.9. The molecule has 0 bridgehead atoms. The van der Waals surface area contributed by atoms with Crippen molar-refractivity contribution in [1.82, 2.24) is 24.3 Å². The molecule has 4 aromatic rings. The molecule has 5 heterocycles. The van der Waals surface area contributed by atoms with Crippen LogP contribution in [-0.4, -0.2) is 54.0 Å². The summed E-state index contributed by atoms with van der Waals surface area (Å²) in [4.78, 5) is 29.7. The summed E-state index contributed by atoms with van der Waals surface area (Å²) in [6, 6.07) is 7.07. The molecule has 1 amide bonds. The van der Waals surface area contributed by atoms with Crippen molar-refractivity contribution in [3.8, 4) is 16.9 Å². The molecule has 200 valence electrons. The third-order valence-electron chi connectivity index (χ3n) is 8.10. The first-order valence-electron chi connectivity index (χ1n) is 13.3. The second kappa shape index (κ2) is 8.74. The van der Waals surface area contributed by atoms with Crippen molar-refractivity contribution >= 4 is 17.4 Å². The van der Waals surface area contributed by atoms with E-state index < -0.39 is 5.60 Å². The summed E-state index contributed by atoms with van der Waals surface area (Å²) < 4.78 is 22.1. The summed E-state index contributed by atoms with van der Waals surface area (Å²) in [5.41, 5.74) is 5.06. The molecule has 0 radical (unpaired) electrons. The van der Waals surface area contributed by atoms with Gasteiger partial charge >= 0.3 is 0 Å². The summed E-state index contributed by atoms with van der Waals surface area (Å²) in [5, 5.41) is 13.5. The third kappa shape index (κ3) is 4.01. The number of fused-ring (bicyclic) bond motifs is 3. The smallest absolute Gasteiger partial charge is 0.275 e. The summed E-state index contributed by atoms with van der Waals surface area (Å²) in [6.07, 6.45) is 5.30. The molecule has 0 spiro atoms. The maximum atomic E-state index is 14.8. The number of imidazole rings is 1. The lowest BCUT2D eigenvalue weighted by atomic mass is 9.72. The topological polar surface area (TPSA) is 105 Å². The first kappa shape index (κ1) is 24.0. The molecule has 1 saturated carbocycles. The lowest BCUT2D eigenvalue weighted by molar-refractivity contribution is -0.0643. The van der Waals surface area contributed by atoms with Gasteiger partial charge in [-0.25, -0.2) is 14.4 Å². The van der Waals surface area contributed by atoms with Crippen molar-refractivity contribution in [3.05, 3.63) is 70.8 Å². The van der Waals surface area contributed by atoms with Gasteiger partial charge in [0.1, 0.15) is 17.9 Å². The molecule has 10 heteroatoms. The summed E-state index contributed by atoms with van der Waals surface area (Å²) in [6.45, 7) is 5.40. The van der Waals surface area contributed by atoms with Crippen molar-refractivity contribution in [3.63, 3.8) is 0 Å². The Morgan fingerprint density at radius 3 is 2.87 bits per heavy atom. The Morgan fingerprint density at radius 1 is 1.21 bits per heavy atom. The minimum absolute atomic E-state index is 0.180. The predicted octanol–water partition coefficient (Wildman–Crippen LogP) is 3.90. The maximum Gasteiger partial charge on any atom is 0.275 e. The number of rotatable bonds is 5. The lowest BCUT2D eigenvalue weighted by Gasteiger charge is -2.43. The van der Waals surface area contributed by atoms with Crippen LogP contribution < -0.4 is 10.1 Å². The Labute approximate surface area is 224 Å². The number of aliphatic hydroxyl groups is 1. The summed E-state index contributed by atoms with van der Waals surface area (Å²) >= 11 is 0. The van der Waals surface area contributed by atoms with Crippen molar-refractivity contribution < 1.29 is 19.0 Å². The van der Waals surface area contributed by atoms with Gasteiger partial charge < -0.3 is 20.1 Å². The Balaban J connectivity index is 1.29. The predicted molar refractivity (Wildman–Crippen MR) is 142 cm³/mol. The molecule has 1 aromatic carbocycles. The van der Waals surface area contributed by atoms with Crippen LogP contribution in [0.5, 0.6) is 5.75 Å². The fourth-order valence-electron chi connectivity index (χ4n) is 6.32. The minimum atomic E-state index is -0.672. The average molecular weight is 529 g/mol. The zero-order chi connectivity index (χ0) is 26.9. The van der Waals surface area contributed by atoms with E-state index in [1.807, 2.05) is 26.0 Å². The number of nitrogens with zero attached hydrogens (tertiary/aromatic N) is 5. The van der Waals surface area contributed by atoms with E-state index in [-0.39, 0.29) is 24.2 Å². The number of ether oxygens (including phenoxy) is 1. The third-order valence-corrected chi connectivity index (χ3v) is 8.10. The lowest BCUT2D eigenvalue weighted by Crippen LogP contribution is -2.47. The Morgan fingerprint density at radius 2 is 2.05 bits per heavy atom. The zero-order valence-electron chi connectivity index (χ0n) is 21.9. The van der Waals surface area contributed by atoms with E-state index in [9.17, 15) is 14.3 Å². The number of carbonyl (C=O) groups is 1. The van der Waals surface area contributed by atoms with E-state index in [0.29, 0.717) is 67.4 Å². The Hall–Kier alpha value is -4.05.